The van der Waals surface area contributed by atoms with Crippen LogP contribution in [0, 0.1) is 24.5 Å². The zero-order valence-electron chi connectivity index (χ0n) is 17.5. The van der Waals surface area contributed by atoms with Crippen molar-refractivity contribution in [1.82, 2.24) is 14.7 Å². The fraction of sp³-hybridized carbons (Fsp3) is 0.333. The van der Waals surface area contributed by atoms with Crippen LogP contribution >= 0.6 is 23.1 Å². The van der Waals surface area contributed by atoms with Gasteiger partial charge in [0.15, 0.2) is 11.6 Å². The zero-order valence-corrected chi connectivity index (χ0v) is 19.9. The van der Waals surface area contributed by atoms with Gasteiger partial charge in [-0.05, 0) is 43.5 Å². The molecule has 7 nitrogen and oxygen atoms in total. The van der Waals surface area contributed by atoms with Crippen LogP contribution in [0.15, 0.2) is 41.3 Å². The number of aryl methyl sites for hydroxylation is 1. The van der Waals surface area contributed by atoms with E-state index < -0.39 is 26.6 Å². The Morgan fingerprint density at radius 2 is 2.00 bits per heavy atom. The third-order valence-electron chi connectivity index (χ3n) is 5.38. The monoisotopic (exact) mass is 514 g/mol. The van der Waals surface area contributed by atoms with Gasteiger partial charge in [-0.25, -0.2) is 22.2 Å². The molecule has 0 bridgehead atoms. The molecule has 176 valence electrons. The first-order chi connectivity index (χ1) is 15.7. The van der Waals surface area contributed by atoms with Crippen LogP contribution in [-0.2, 0) is 10.0 Å². The molecule has 3 aromatic rings. The van der Waals surface area contributed by atoms with Gasteiger partial charge in [-0.3, -0.25) is 4.72 Å². The fourth-order valence-electron chi connectivity index (χ4n) is 3.78. The van der Waals surface area contributed by atoms with Gasteiger partial charge in [0.05, 0.1) is 6.61 Å². The Balaban J connectivity index is 1.49. The summed E-state index contributed by atoms with van der Waals surface area (Å²) in [6.07, 6.45) is 0.862. The third kappa shape index (κ3) is 5.60. The molecule has 1 aliphatic rings. The number of piperidine rings is 1. The van der Waals surface area contributed by atoms with Gasteiger partial charge in [-0.2, -0.15) is 4.37 Å². The van der Waals surface area contributed by atoms with Crippen LogP contribution in [0.2, 0.25) is 5.02 Å². The Morgan fingerprint density at radius 1 is 1.24 bits per heavy atom. The van der Waals surface area contributed by atoms with Crippen LogP contribution in [0.5, 0.6) is 5.75 Å². The summed E-state index contributed by atoms with van der Waals surface area (Å²) in [6, 6.07) is 8.92. The maximum atomic E-state index is 14.7. The van der Waals surface area contributed by atoms with Crippen molar-refractivity contribution in [2.75, 3.05) is 24.4 Å². The molecule has 1 fully saturated rings. The minimum atomic E-state index is -4.39. The summed E-state index contributed by atoms with van der Waals surface area (Å²) in [7, 11) is -4.39. The van der Waals surface area contributed by atoms with Crippen molar-refractivity contribution in [1.29, 1.82) is 0 Å². The molecule has 0 spiro atoms. The molecule has 0 amide bonds. The van der Waals surface area contributed by atoms with E-state index in [9.17, 15) is 17.2 Å². The van der Waals surface area contributed by atoms with Gasteiger partial charge in [0, 0.05) is 41.2 Å². The summed E-state index contributed by atoms with van der Waals surface area (Å²) >= 11 is 6.79. The Bertz CT molecular complexity index is 1240. The highest BCUT2D eigenvalue weighted by Gasteiger charge is 2.28. The van der Waals surface area contributed by atoms with E-state index in [1.807, 2.05) is 24.3 Å². The molecule has 0 aliphatic carbocycles. The highest BCUT2D eigenvalue weighted by atomic mass is 35.5. The quantitative estimate of drug-likeness (QED) is 0.487. The van der Waals surface area contributed by atoms with Gasteiger partial charge in [-0.1, -0.05) is 23.7 Å². The van der Waals surface area contributed by atoms with E-state index in [1.54, 1.807) is 6.92 Å². The van der Waals surface area contributed by atoms with E-state index in [2.05, 4.69) is 19.4 Å². The van der Waals surface area contributed by atoms with Crippen LogP contribution in [-0.4, -0.2) is 37.5 Å². The standard InChI is InChI=1S/C21H21ClF2N4O3S2/c1-12-26-21(32-27-12)28-33(29,30)20-9-17(23)19(8-18(20)24)31-11-14-10-25-7-6-16(14)13-2-4-15(22)5-3-13/h2-5,8-9,14,16,25H,6-7,10-11H2,1H3,(H,26,27,28)/t14-,16?/m0/s1. The van der Waals surface area contributed by atoms with Gasteiger partial charge >= 0.3 is 0 Å². The van der Waals surface area contributed by atoms with Crippen molar-refractivity contribution < 1.29 is 21.9 Å². The van der Waals surface area contributed by atoms with E-state index in [0.29, 0.717) is 23.5 Å². The smallest absolute Gasteiger partial charge is 0.266 e. The Morgan fingerprint density at radius 3 is 2.70 bits per heavy atom. The van der Waals surface area contributed by atoms with Gasteiger partial charge < -0.3 is 10.1 Å². The van der Waals surface area contributed by atoms with Crippen molar-refractivity contribution in [2.24, 2.45) is 5.92 Å². The van der Waals surface area contributed by atoms with Crippen LogP contribution < -0.4 is 14.8 Å². The minimum absolute atomic E-state index is 0.00750. The average molecular weight is 515 g/mol. The van der Waals surface area contributed by atoms with E-state index in [1.165, 1.54) is 0 Å². The molecule has 1 aliphatic heterocycles. The number of aromatic nitrogens is 2. The molecule has 2 heterocycles. The van der Waals surface area contributed by atoms with Crippen molar-refractivity contribution in [2.45, 2.75) is 24.2 Å². The third-order valence-corrected chi connectivity index (χ3v) is 7.84. The number of nitrogens with one attached hydrogen (secondary N) is 2. The summed E-state index contributed by atoms with van der Waals surface area (Å²) in [4.78, 5) is 3.04. The van der Waals surface area contributed by atoms with Crippen LogP contribution in [0.1, 0.15) is 23.7 Å². The lowest BCUT2D eigenvalue weighted by molar-refractivity contribution is 0.190. The number of sulfonamides is 1. The summed E-state index contributed by atoms with van der Waals surface area (Å²) < 4.78 is 65.9. The fourth-order valence-corrected chi connectivity index (χ4v) is 5.78. The molecule has 0 saturated carbocycles. The molecule has 2 atom stereocenters. The van der Waals surface area contributed by atoms with E-state index in [4.69, 9.17) is 16.3 Å². The van der Waals surface area contributed by atoms with Crippen molar-refractivity contribution in [3.8, 4) is 5.75 Å². The van der Waals surface area contributed by atoms with Crippen LogP contribution in [0.25, 0.3) is 0 Å². The number of halogens is 3. The van der Waals surface area contributed by atoms with E-state index in [0.717, 1.165) is 36.1 Å². The Kier molecular flexibility index (Phi) is 7.13. The van der Waals surface area contributed by atoms with Crippen LogP contribution in [0.4, 0.5) is 13.9 Å². The van der Waals surface area contributed by atoms with Crippen LogP contribution in [0.3, 0.4) is 0 Å². The molecule has 0 radical (unpaired) electrons. The summed E-state index contributed by atoms with van der Waals surface area (Å²) in [6.45, 7) is 3.20. The van der Waals surface area contributed by atoms with Crippen molar-refractivity contribution >= 4 is 38.3 Å². The maximum Gasteiger partial charge on any atom is 0.266 e. The average Bonchev–Trinajstić information content (AvgIpc) is 3.18. The topological polar surface area (TPSA) is 93.2 Å². The summed E-state index contributed by atoms with van der Waals surface area (Å²) in [5.74, 6) is -1.92. The Hall–Kier alpha value is -2.34. The summed E-state index contributed by atoms with van der Waals surface area (Å²) in [5.41, 5.74) is 1.10. The molecule has 12 heteroatoms. The predicted octanol–water partition coefficient (Wildman–Crippen LogP) is 4.35. The van der Waals surface area contributed by atoms with Gasteiger partial charge in [0.2, 0.25) is 5.13 Å². The normalized spacial score (nSPS) is 18.8. The zero-order chi connectivity index (χ0) is 23.6. The molecular formula is C21H21ClF2N4O3S2. The molecule has 33 heavy (non-hydrogen) atoms. The number of ether oxygens (including phenoxy) is 1. The van der Waals surface area contributed by atoms with Gasteiger partial charge in [0.1, 0.15) is 16.5 Å². The first-order valence-corrected chi connectivity index (χ1v) is 12.8. The number of hydrogen-bond acceptors (Lipinski definition) is 7. The first-order valence-electron chi connectivity index (χ1n) is 10.1. The molecular weight excluding hydrogens is 494 g/mol. The predicted molar refractivity (Wildman–Crippen MR) is 122 cm³/mol. The SMILES string of the molecule is Cc1nsc(NS(=O)(=O)c2cc(F)c(OC[C@@H]3CNCCC3c3ccc(Cl)cc3)cc2F)n1. The van der Waals surface area contributed by atoms with Crippen molar-refractivity contribution in [3.63, 3.8) is 0 Å². The highest BCUT2D eigenvalue weighted by Crippen LogP contribution is 2.33. The summed E-state index contributed by atoms with van der Waals surface area (Å²) in [5, 5.41) is 3.90. The van der Waals surface area contributed by atoms with Gasteiger partial charge in [-0.15, -0.1) is 0 Å². The highest BCUT2D eigenvalue weighted by molar-refractivity contribution is 7.93. The lowest BCUT2D eigenvalue weighted by Crippen LogP contribution is -2.38. The second-order valence-corrected chi connectivity index (χ2v) is 10.5. The molecule has 1 aromatic heterocycles. The number of hydrogen-bond donors (Lipinski definition) is 2. The molecule has 2 N–H and O–H groups in total. The largest absolute Gasteiger partial charge is 0.490 e. The number of benzene rings is 2. The Labute approximate surface area is 199 Å². The minimum Gasteiger partial charge on any atom is -0.490 e. The molecule has 2 aromatic carbocycles. The van der Waals surface area contributed by atoms with E-state index in [-0.39, 0.29) is 29.3 Å². The molecule has 1 saturated heterocycles. The first kappa shape index (κ1) is 23.8. The second-order valence-electron chi connectivity index (χ2n) is 7.69. The number of nitrogens with zero attached hydrogens (tertiary/aromatic N) is 2. The lowest BCUT2D eigenvalue weighted by Gasteiger charge is -2.32. The van der Waals surface area contributed by atoms with E-state index >= 15 is 0 Å². The van der Waals surface area contributed by atoms with Gasteiger partial charge in [0.25, 0.3) is 10.0 Å². The van der Waals surface area contributed by atoms with Crippen molar-refractivity contribution in [3.05, 3.63) is 64.4 Å². The molecule has 1 unspecified atom stereocenters. The number of rotatable bonds is 7. The maximum absolute atomic E-state index is 14.7. The lowest BCUT2D eigenvalue weighted by atomic mass is 9.81. The second kappa shape index (κ2) is 9.88. The molecule has 4 rings (SSSR count). The number of anilines is 1.